The van der Waals surface area contributed by atoms with E-state index in [1.165, 1.54) is 0 Å². The van der Waals surface area contributed by atoms with Gasteiger partial charge in [-0.15, -0.1) is 0 Å². The van der Waals surface area contributed by atoms with E-state index in [1.807, 2.05) is 0 Å². The molecule has 0 aromatic heterocycles. The summed E-state index contributed by atoms with van der Waals surface area (Å²) in [6.07, 6.45) is -6.02. The summed E-state index contributed by atoms with van der Waals surface area (Å²) in [5.74, 6) is -8.84. The molecule has 1 aliphatic rings. The van der Waals surface area contributed by atoms with Crippen LogP contribution in [0.25, 0.3) is 0 Å². The molecule has 0 radical (unpaired) electrons. The zero-order valence-electron chi connectivity index (χ0n) is 10.1. The highest BCUT2D eigenvalue weighted by Gasteiger charge is 2.64. The third-order valence-corrected chi connectivity index (χ3v) is 2.09. The lowest BCUT2D eigenvalue weighted by Crippen LogP contribution is -2.60. The summed E-state index contributed by atoms with van der Waals surface area (Å²) in [6.45, 7) is -4.30. The van der Waals surface area contributed by atoms with Crippen LogP contribution in [-0.4, -0.2) is 60.2 Å². The van der Waals surface area contributed by atoms with Gasteiger partial charge in [0.15, 0.2) is 6.80 Å². The minimum absolute atomic E-state index is 0.816. The number of nitrogens with zero attached hydrogens (tertiary/aromatic N) is 1. The number of hydrogen-bond acceptors (Lipinski definition) is 3. The lowest BCUT2D eigenvalue weighted by molar-refractivity contribution is -0.349. The maximum Gasteiger partial charge on any atom is 0.465 e. The van der Waals surface area contributed by atoms with E-state index in [0.29, 0.717) is 0 Å². The van der Waals surface area contributed by atoms with E-state index in [-0.39, 0.29) is 0 Å². The smallest absolute Gasteiger partial charge is 0.465 e. The van der Waals surface area contributed by atoms with E-state index in [2.05, 4.69) is 4.74 Å². The maximum atomic E-state index is 12.4. The van der Waals surface area contributed by atoms with E-state index in [1.54, 1.807) is 0 Å². The van der Waals surface area contributed by atoms with Crippen LogP contribution in [0.5, 0.6) is 0 Å². The van der Waals surface area contributed by atoms with E-state index in [9.17, 15) is 48.7 Å². The molecule has 22 heavy (non-hydrogen) atoms. The zero-order valence-corrected chi connectivity index (χ0v) is 10.1. The molecule has 4 nitrogen and oxygen atoms in total. The van der Waals surface area contributed by atoms with Gasteiger partial charge in [0.2, 0.25) is 0 Å². The normalized spacial score (nSPS) is 21.7. The second-order valence-corrected chi connectivity index (χ2v) is 3.75. The number of ether oxygens (including phenoxy) is 1. The van der Waals surface area contributed by atoms with Gasteiger partial charge in [0.25, 0.3) is 0 Å². The van der Waals surface area contributed by atoms with E-state index >= 15 is 0 Å². The molecular formula is C8H7F10NO3. The number of carboxylic acids is 1. The molecule has 1 N–H and O–H groups in total. The Morgan fingerprint density at radius 1 is 1.05 bits per heavy atom. The van der Waals surface area contributed by atoms with E-state index in [0.717, 1.165) is 0 Å². The van der Waals surface area contributed by atoms with Crippen LogP contribution in [0.2, 0.25) is 0 Å². The predicted molar refractivity (Wildman–Crippen MR) is 47.2 cm³/mol. The molecule has 1 heterocycles. The largest absolute Gasteiger partial charge is 0.477 e. The standard InChI is InChI=1S/C5H6F5NO.C3HF5O2/c6-3-11-4(7,8)1-12-2-5(11,9)10;4-2(5,1(9)10)3(6,7)8/h1-3H2;(H,9,10). The van der Waals surface area contributed by atoms with Crippen LogP contribution in [-0.2, 0) is 9.53 Å². The molecule has 0 aromatic rings. The number of alkyl halides is 10. The summed E-state index contributed by atoms with van der Waals surface area (Å²) in [5.41, 5.74) is 0. The fourth-order valence-corrected chi connectivity index (χ4v) is 0.988. The van der Waals surface area contributed by atoms with Gasteiger partial charge in [0, 0.05) is 0 Å². The van der Waals surface area contributed by atoms with Gasteiger partial charge >= 0.3 is 30.2 Å². The Morgan fingerprint density at radius 2 is 1.41 bits per heavy atom. The molecule has 1 rings (SSSR count). The summed E-state index contributed by atoms with van der Waals surface area (Å²) in [6, 6.07) is -7.87. The van der Waals surface area contributed by atoms with Gasteiger partial charge in [-0.1, -0.05) is 0 Å². The van der Waals surface area contributed by atoms with Crippen LogP contribution in [0.15, 0.2) is 0 Å². The van der Waals surface area contributed by atoms with Gasteiger partial charge in [0.1, 0.15) is 13.2 Å². The fraction of sp³-hybridized carbons (Fsp3) is 0.875. The molecule has 0 saturated carbocycles. The lowest BCUT2D eigenvalue weighted by Gasteiger charge is -2.38. The van der Waals surface area contributed by atoms with Gasteiger partial charge in [-0.2, -0.15) is 44.4 Å². The molecule has 0 aromatic carbocycles. The van der Waals surface area contributed by atoms with Crippen molar-refractivity contribution < 1.29 is 58.5 Å². The van der Waals surface area contributed by atoms with E-state index < -0.39 is 55.1 Å². The highest BCUT2D eigenvalue weighted by atomic mass is 19.4. The highest BCUT2D eigenvalue weighted by Crippen LogP contribution is 2.36. The van der Waals surface area contributed by atoms with Crippen LogP contribution < -0.4 is 0 Å². The summed E-state index contributed by atoms with van der Waals surface area (Å²) in [5, 5.41) is 7.31. The summed E-state index contributed by atoms with van der Waals surface area (Å²) in [4.78, 5) is 8.38. The van der Waals surface area contributed by atoms with Crippen LogP contribution in [0.3, 0.4) is 0 Å². The summed E-state index contributed by atoms with van der Waals surface area (Å²) < 4.78 is 121. The molecule has 0 unspecified atom stereocenters. The number of morpholine rings is 1. The molecule has 1 aliphatic heterocycles. The topological polar surface area (TPSA) is 49.8 Å². The molecule has 1 saturated heterocycles. The number of halogens is 10. The average molecular weight is 355 g/mol. The Bertz CT molecular complexity index is 380. The van der Waals surface area contributed by atoms with Crippen molar-refractivity contribution in [3.63, 3.8) is 0 Å². The monoisotopic (exact) mass is 355 g/mol. The Kier molecular flexibility index (Phi) is 6.05. The van der Waals surface area contributed by atoms with Crippen LogP contribution in [0, 0.1) is 0 Å². The van der Waals surface area contributed by atoms with Crippen molar-refractivity contribution in [3.8, 4) is 0 Å². The number of carboxylic acid groups (broad SMARTS) is 1. The van der Waals surface area contributed by atoms with Gasteiger partial charge < -0.3 is 9.84 Å². The lowest BCUT2D eigenvalue weighted by atomic mass is 10.3. The molecule has 0 aliphatic carbocycles. The highest BCUT2D eigenvalue weighted by molar-refractivity contribution is 5.76. The third-order valence-electron chi connectivity index (χ3n) is 2.09. The Hall–Kier alpha value is -1.31. The Labute approximate surface area is 115 Å². The maximum absolute atomic E-state index is 12.4. The van der Waals surface area contributed by atoms with Gasteiger partial charge in [0.05, 0.1) is 0 Å². The number of carbonyl (C=O) groups is 1. The fourth-order valence-electron chi connectivity index (χ4n) is 0.988. The number of aliphatic carboxylic acids is 1. The van der Waals surface area contributed by atoms with Crippen molar-refractivity contribution in [1.82, 2.24) is 4.90 Å². The second kappa shape index (κ2) is 6.44. The molecule has 0 bridgehead atoms. The van der Waals surface area contributed by atoms with Gasteiger partial charge in [-0.3, -0.25) is 0 Å². The minimum atomic E-state index is -6.02. The third kappa shape index (κ3) is 4.59. The average Bonchev–Trinajstić information content (AvgIpc) is 2.25. The summed E-state index contributed by atoms with van der Waals surface area (Å²) in [7, 11) is 0. The van der Waals surface area contributed by atoms with Crippen molar-refractivity contribution in [3.05, 3.63) is 0 Å². The van der Waals surface area contributed by atoms with Crippen molar-refractivity contribution >= 4 is 5.97 Å². The van der Waals surface area contributed by atoms with Crippen LogP contribution in [0.1, 0.15) is 0 Å². The van der Waals surface area contributed by atoms with Gasteiger partial charge in [-0.25, -0.2) is 9.18 Å². The first-order chi connectivity index (χ1) is 9.59. The molecule has 132 valence electrons. The molecule has 0 spiro atoms. The Morgan fingerprint density at radius 3 is 1.55 bits per heavy atom. The van der Waals surface area contributed by atoms with Crippen LogP contribution >= 0.6 is 0 Å². The summed E-state index contributed by atoms with van der Waals surface area (Å²) >= 11 is 0. The van der Waals surface area contributed by atoms with Crippen molar-refractivity contribution in [1.29, 1.82) is 0 Å². The second-order valence-electron chi connectivity index (χ2n) is 3.75. The quantitative estimate of drug-likeness (QED) is 0.611. The van der Waals surface area contributed by atoms with Crippen LogP contribution in [0.4, 0.5) is 43.9 Å². The molecule has 0 amide bonds. The molecule has 0 atom stereocenters. The zero-order chi connectivity index (χ0) is 18.0. The van der Waals surface area contributed by atoms with Crippen molar-refractivity contribution in [2.75, 3.05) is 20.0 Å². The SMILES string of the molecule is FCN1C(F)(F)COCC1(F)F.O=C(O)C(F)(F)C(F)(F)F. The number of hydrogen-bond donors (Lipinski definition) is 1. The molecule has 1 fully saturated rings. The first-order valence-corrected chi connectivity index (χ1v) is 4.94. The van der Waals surface area contributed by atoms with Gasteiger partial charge in [-0.05, 0) is 0 Å². The molecule has 14 heteroatoms. The first-order valence-electron chi connectivity index (χ1n) is 4.94. The number of rotatable bonds is 2. The van der Waals surface area contributed by atoms with Crippen molar-refractivity contribution in [2.45, 2.75) is 24.2 Å². The predicted octanol–water partition coefficient (Wildman–Crippen LogP) is 2.70. The van der Waals surface area contributed by atoms with E-state index in [4.69, 9.17) is 5.11 Å². The molecular weight excluding hydrogens is 348 g/mol. The van der Waals surface area contributed by atoms with Crippen molar-refractivity contribution in [2.24, 2.45) is 0 Å². The minimum Gasteiger partial charge on any atom is -0.477 e. The first kappa shape index (κ1) is 20.7. The Balaban J connectivity index is 0.000000409.